The molecule has 0 spiro atoms. The smallest absolute Gasteiger partial charge is 0.142 e. The second-order valence-corrected chi connectivity index (χ2v) is 6.88. The molecule has 0 unspecified atom stereocenters. The lowest BCUT2D eigenvalue weighted by Crippen LogP contribution is -2.53. The fourth-order valence-corrected chi connectivity index (χ4v) is 3.67. The van der Waals surface area contributed by atoms with E-state index < -0.39 is 0 Å². The number of aromatic nitrogens is 1. The number of rotatable bonds is 6. The van der Waals surface area contributed by atoms with Crippen LogP contribution in [0.15, 0.2) is 36.4 Å². The van der Waals surface area contributed by atoms with E-state index in [2.05, 4.69) is 39.9 Å². The number of methoxy groups -OCH3 is 1. The number of nitrogens with zero attached hydrogens (tertiary/aromatic N) is 4. The molecule has 1 saturated heterocycles. The Labute approximate surface area is 160 Å². The predicted octanol–water partition coefficient (Wildman–Crippen LogP) is 2.34. The number of piperazine rings is 1. The van der Waals surface area contributed by atoms with E-state index in [0.717, 1.165) is 43.3 Å². The minimum Gasteiger partial charge on any atom is -0.496 e. The van der Waals surface area contributed by atoms with E-state index in [1.165, 1.54) is 5.56 Å². The first-order valence-corrected chi connectivity index (χ1v) is 9.25. The van der Waals surface area contributed by atoms with Crippen LogP contribution in [0.5, 0.6) is 5.75 Å². The van der Waals surface area contributed by atoms with Crippen LogP contribution in [-0.4, -0.2) is 54.4 Å². The number of anilines is 1. The number of benzene rings is 1. The Balaban J connectivity index is 1.72. The molecule has 1 aliphatic heterocycles. The molecule has 0 saturated carbocycles. The molecule has 0 bridgehead atoms. The summed E-state index contributed by atoms with van der Waals surface area (Å²) in [6.07, 6.45) is 0.712. The van der Waals surface area contributed by atoms with Gasteiger partial charge in [0.05, 0.1) is 7.11 Å². The lowest BCUT2D eigenvalue weighted by molar-refractivity contribution is 0.135. The Morgan fingerprint density at radius 2 is 2.15 bits per heavy atom. The van der Waals surface area contributed by atoms with E-state index in [1.807, 2.05) is 18.2 Å². The van der Waals surface area contributed by atoms with Crippen molar-refractivity contribution in [3.8, 4) is 11.8 Å². The van der Waals surface area contributed by atoms with Crippen molar-refractivity contribution >= 4 is 5.82 Å². The molecule has 1 atom stereocenters. The third-order valence-corrected chi connectivity index (χ3v) is 5.08. The van der Waals surface area contributed by atoms with Gasteiger partial charge in [-0.3, -0.25) is 4.90 Å². The highest BCUT2D eigenvalue weighted by molar-refractivity contribution is 5.42. The molecule has 0 amide bonds. The van der Waals surface area contributed by atoms with Crippen molar-refractivity contribution in [3.63, 3.8) is 0 Å². The molecule has 1 aromatic heterocycles. The zero-order valence-corrected chi connectivity index (χ0v) is 15.9. The van der Waals surface area contributed by atoms with Gasteiger partial charge in [-0.05, 0) is 42.7 Å². The van der Waals surface area contributed by atoms with Gasteiger partial charge in [0.25, 0.3) is 0 Å². The third kappa shape index (κ3) is 4.57. The Morgan fingerprint density at radius 3 is 2.85 bits per heavy atom. The van der Waals surface area contributed by atoms with Gasteiger partial charge in [-0.25, -0.2) is 4.98 Å². The maximum Gasteiger partial charge on any atom is 0.142 e. The molecule has 1 N–H and O–H groups in total. The summed E-state index contributed by atoms with van der Waals surface area (Å²) < 4.78 is 5.35. The average molecular weight is 366 g/mol. The summed E-state index contributed by atoms with van der Waals surface area (Å²) >= 11 is 0. The summed E-state index contributed by atoms with van der Waals surface area (Å²) in [4.78, 5) is 9.04. The van der Waals surface area contributed by atoms with Crippen molar-refractivity contribution in [3.05, 3.63) is 53.2 Å². The molecule has 1 aromatic carbocycles. The molecular weight excluding hydrogens is 340 g/mol. The van der Waals surface area contributed by atoms with Crippen molar-refractivity contribution in [2.24, 2.45) is 0 Å². The summed E-state index contributed by atoms with van der Waals surface area (Å²) in [5.41, 5.74) is 2.81. The second-order valence-electron chi connectivity index (χ2n) is 6.88. The van der Waals surface area contributed by atoms with E-state index >= 15 is 0 Å². The highest BCUT2D eigenvalue weighted by Gasteiger charge is 2.27. The third-order valence-electron chi connectivity index (χ3n) is 5.08. The Kier molecular flexibility index (Phi) is 6.28. The summed E-state index contributed by atoms with van der Waals surface area (Å²) in [6.45, 7) is 5.57. The highest BCUT2D eigenvalue weighted by atomic mass is 16.5. The van der Waals surface area contributed by atoms with E-state index in [1.54, 1.807) is 13.2 Å². The summed E-state index contributed by atoms with van der Waals surface area (Å²) in [7, 11) is 1.69. The number of nitriles is 1. The molecule has 6 nitrogen and oxygen atoms in total. The van der Waals surface area contributed by atoms with Crippen LogP contribution in [0.4, 0.5) is 5.82 Å². The SMILES string of the molecule is COc1ccc(CN2CCN(c3cccc(C#N)n3)C[C@@H]2CCO)cc1C. The first kappa shape index (κ1) is 19.2. The standard InChI is InChI=1S/C21H26N4O2/c1-16-12-17(6-7-20(16)27-2)14-24-9-10-25(15-19(24)8-11-26)21-5-3-4-18(13-22)23-21/h3-7,12,19,26H,8-11,14-15H2,1-2H3/t19-/m0/s1. The molecule has 142 valence electrons. The normalized spacial score (nSPS) is 17.6. The van der Waals surface area contributed by atoms with E-state index in [-0.39, 0.29) is 12.6 Å². The largest absolute Gasteiger partial charge is 0.496 e. The number of hydrogen-bond acceptors (Lipinski definition) is 6. The predicted molar refractivity (Wildman–Crippen MR) is 105 cm³/mol. The fraction of sp³-hybridized carbons (Fsp3) is 0.429. The minimum absolute atomic E-state index is 0.155. The number of aliphatic hydroxyl groups excluding tert-OH is 1. The van der Waals surface area contributed by atoms with Gasteiger partial charge in [0.2, 0.25) is 0 Å². The molecule has 2 heterocycles. The van der Waals surface area contributed by atoms with Gasteiger partial charge in [-0.1, -0.05) is 18.2 Å². The molecule has 6 heteroatoms. The van der Waals surface area contributed by atoms with E-state index in [0.29, 0.717) is 12.1 Å². The second kappa shape index (κ2) is 8.85. The van der Waals surface area contributed by atoms with Gasteiger partial charge in [0, 0.05) is 38.8 Å². The molecule has 0 aliphatic carbocycles. The number of aliphatic hydroxyl groups is 1. The van der Waals surface area contributed by atoms with E-state index in [4.69, 9.17) is 10.00 Å². The van der Waals surface area contributed by atoms with Crippen LogP contribution >= 0.6 is 0 Å². The summed E-state index contributed by atoms with van der Waals surface area (Å²) in [6, 6.07) is 14.2. The Hall–Kier alpha value is -2.62. The van der Waals surface area contributed by atoms with Crippen molar-refractivity contribution in [2.45, 2.75) is 25.9 Å². The molecule has 1 fully saturated rings. The van der Waals surface area contributed by atoms with Crippen LogP contribution in [-0.2, 0) is 6.54 Å². The number of pyridine rings is 1. The van der Waals surface area contributed by atoms with Crippen LogP contribution < -0.4 is 9.64 Å². The average Bonchev–Trinajstić information content (AvgIpc) is 2.69. The quantitative estimate of drug-likeness (QED) is 0.846. The highest BCUT2D eigenvalue weighted by Crippen LogP contribution is 2.23. The maximum atomic E-state index is 9.53. The van der Waals surface area contributed by atoms with Crippen LogP contribution in [0.25, 0.3) is 0 Å². The number of aryl methyl sites for hydroxylation is 1. The fourth-order valence-electron chi connectivity index (χ4n) is 3.67. The monoisotopic (exact) mass is 366 g/mol. The zero-order valence-electron chi connectivity index (χ0n) is 15.9. The summed E-state index contributed by atoms with van der Waals surface area (Å²) in [5.74, 6) is 1.73. The van der Waals surface area contributed by atoms with Crippen LogP contribution in [0.1, 0.15) is 23.2 Å². The van der Waals surface area contributed by atoms with Gasteiger partial charge in [-0.15, -0.1) is 0 Å². The lowest BCUT2D eigenvalue weighted by atomic mass is 10.1. The molecule has 0 radical (unpaired) electrons. The van der Waals surface area contributed by atoms with Crippen LogP contribution in [0, 0.1) is 18.3 Å². The van der Waals surface area contributed by atoms with Gasteiger partial charge in [0.1, 0.15) is 23.3 Å². The van der Waals surface area contributed by atoms with Crippen molar-refractivity contribution in [1.29, 1.82) is 5.26 Å². The van der Waals surface area contributed by atoms with Gasteiger partial charge < -0.3 is 14.7 Å². The first-order valence-electron chi connectivity index (χ1n) is 9.25. The topological polar surface area (TPSA) is 72.6 Å². The minimum atomic E-state index is 0.155. The molecular formula is C21H26N4O2. The van der Waals surface area contributed by atoms with Gasteiger partial charge in [-0.2, -0.15) is 5.26 Å². The number of hydrogen-bond donors (Lipinski definition) is 1. The molecule has 27 heavy (non-hydrogen) atoms. The molecule has 2 aromatic rings. The first-order chi connectivity index (χ1) is 13.1. The van der Waals surface area contributed by atoms with Crippen molar-refractivity contribution < 1.29 is 9.84 Å². The Bertz CT molecular complexity index is 818. The summed E-state index contributed by atoms with van der Waals surface area (Å²) in [5, 5.41) is 18.6. The molecule has 3 rings (SSSR count). The van der Waals surface area contributed by atoms with Crippen molar-refractivity contribution in [1.82, 2.24) is 9.88 Å². The number of ether oxygens (including phenoxy) is 1. The maximum absolute atomic E-state index is 9.53. The Morgan fingerprint density at radius 1 is 1.30 bits per heavy atom. The zero-order chi connectivity index (χ0) is 19.2. The van der Waals surface area contributed by atoms with Crippen LogP contribution in [0.3, 0.4) is 0 Å². The van der Waals surface area contributed by atoms with Crippen molar-refractivity contribution in [2.75, 3.05) is 38.3 Å². The lowest BCUT2D eigenvalue weighted by Gasteiger charge is -2.42. The molecule has 1 aliphatic rings. The van der Waals surface area contributed by atoms with Gasteiger partial charge in [0.15, 0.2) is 0 Å². The van der Waals surface area contributed by atoms with Crippen LogP contribution in [0.2, 0.25) is 0 Å². The van der Waals surface area contributed by atoms with Gasteiger partial charge >= 0.3 is 0 Å². The van der Waals surface area contributed by atoms with E-state index in [9.17, 15) is 5.11 Å².